The summed E-state index contributed by atoms with van der Waals surface area (Å²) < 4.78 is 1.82. The lowest BCUT2D eigenvalue weighted by Crippen LogP contribution is -2.37. The van der Waals surface area contributed by atoms with E-state index >= 15 is 0 Å². The zero-order valence-corrected chi connectivity index (χ0v) is 14.2. The summed E-state index contributed by atoms with van der Waals surface area (Å²) in [6, 6.07) is 9.24. The number of likely N-dealkylation sites (N-methyl/N-ethyl adjacent to an activating group) is 1. The van der Waals surface area contributed by atoms with E-state index in [0.717, 1.165) is 17.1 Å². The lowest BCUT2D eigenvalue weighted by Gasteiger charge is -2.15. The van der Waals surface area contributed by atoms with E-state index in [2.05, 4.69) is 10.4 Å². The molecule has 1 fully saturated rings. The van der Waals surface area contributed by atoms with Gasteiger partial charge in [-0.25, -0.2) is 4.68 Å². The molecule has 126 valence electrons. The number of amides is 2. The first-order chi connectivity index (χ1) is 11.5. The SMILES string of the molecule is CCN1C[C@@H](NC(=O)c2cccc(-n3nc(C)cc3C)c2)CC1=O. The fraction of sp³-hybridized carbons (Fsp3) is 0.389. The van der Waals surface area contributed by atoms with Gasteiger partial charge in [-0.1, -0.05) is 6.07 Å². The molecule has 2 aromatic rings. The van der Waals surface area contributed by atoms with Gasteiger partial charge in [0.2, 0.25) is 5.91 Å². The molecule has 1 aromatic heterocycles. The third-order valence-corrected chi connectivity index (χ3v) is 4.29. The molecule has 0 bridgehead atoms. The maximum absolute atomic E-state index is 12.5. The summed E-state index contributed by atoms with van der Waals surface area (Å²) in [7, 11) is 0. The monoisotopic (exact) mass is 326 g/mol. The lowest BCUT2D eigenvalue weighted by molar-refractivity contribution is -0.127. The van der Waals surface area contributed by atoms with Gasteiger partial charge in [0.15, 0.2) is 0 Å². The van der Waals surface area contributed by atoms with E-state index in [1.165, 1.54) is 0 Å². The first kappa shape index (κ1) is 16.2. The van der Waals surface area contributed by atoms with Crippen LogP contribution in [-0.2, 0) is 4.79 Å². The predicted octanol–water partition coefficient (Wildman–Crippen LogP) is 1.84. The first-order valence-corrected chi connectivity index (χ1v) is 8.20. The molecule has 0 aliphatic carbocycles. The Morgan fingerprint density at radius 2 is 2.12 bits per heavy atom. The number of carbonyl (C=O) groups is 2. The van der Waals surface area contributed by atoms with Gasteiger partial charge < -0.3 is 10.2 Å². The fourth-order valence-corrected chi connectivity index (χ4v) is 3.11. The second-order valence-corrected chi connectivity index (χ2v) is 6.20. The van der Waals surface area contributed by atoms with Crippen LogP contribution in [0.25, 0.3) is 5.69 Å². The number of likely N-dealkylation sites (tertiary alicyclic amines) is 1. The zero-order valence-electron chi connectivity index (χ0n) is 14.2. The number of rotatable bonds is 4. The third-order valence-electron chi connectivity index (χ3n) is 4.29. The van der Waals surface area contributed by atoms with E-state index in [0.29, 0.717) is 25.1 Å². The molecule has 2 amide bonds. The van der Waals surface area contributed by atoms with Crippen molar-refractivity contribution in [2.24, 2.45) is 0 Å². The van der Waals surface area contributed by atoms with Crippen LogP contribution < -0.4 is 5.32 Å². The normalized spacial score (nSPS) is 17.4. The molecule has 2 heterocycles. The van der Waals surface area contributed by atoms with Crippen LogP contribution in [0, 0.1) is 13.8 Å². The number of aromatic nitrogens is 2. The smallest absolute Gasteiger partial charge is 0.251 e. The Labute approximate surface area is 141 Å². The summed E-state index contributed by atoms with van der Waals surface area (Å²) in [5.41, 5.74) is 3.38. The van der Waals surface area contributed by atoms with Crippen molar-refractivity contribution in [3.63, 3.8) is 0 Å². The van der Waals surface area contributed by atoms with Crippen LogP contribution in [0.3, 0.4) is 0 Å². The molecule has 24 heavy (non-hydrogen) atoms. The zero-order chi connectivity index (χ0) is 17.3. The number of hydrogen-bond donors (Lipinski definition) is 1. The molecule has 0 radical (unpaired) electrons. The third kappa shape index (κ3) is 3.18. The number of hydrogen-bond acceptors (Lipinski definition) is 3. The Bertz CT molecular complexity index is 781. The van der Waals surface area contributed by atoms with E-state index in [1.807, 2.05) is 49.7 Å². The van der Waals surface area contributed by atoms with Crippen molar-refractivity contribution >= 4 is 11.8 Å². The van der Waals surface area contributed by atoms with E-state index in [1.54, 1.807) is 11.0 Å². The molecule has 3 rings (SSSR count). The molecule has 0 unspecified atom stereocenters. The van der Waals surface area contributed by atoms with Gasteiger partial charge in [0.25, 0.3) is 5.91 Å². The summed E-state index contributed by atoms with van der Waals surface area (Å²) in [6.45, 7) is 7.13. The van der Waals surface area contributed by atoms with E-state index in [-0.39, 0.29) is 17.9 Å². The van der Waals surface area contributed by atoms with Gasteiger partial charge >= 0.3 is 0 Å². The van der Waals surface area contributed by atoms with Crippen LogP contribution in [0.2, 0.25) is 0 Å². The van der Waals surface area contributed by atoms with Crippen molar-refractivity contribution in [1.82, 2.24) is 20.0 Å². The van der Waals surface area contributed by atoms with Gasteiger partial charge in [-0.05, 0) is 45.0 Å². The Hall–Kier alpha value is -2.63. The predicted molar refractivity (Wildman–Crippen MR) is 91.2 cm³/mol. The number of nitrogens with zero attached hydrogens (tertiary/aromatic N) is 3. The maximum atomic E-state index is 12.5. The number of benzene rings is 1. The average molecular weight is 326 g/mol. The van der Waals surface area contributed by atoms with Crippen molar-refractivity contribution in [2.75, 3.05) is 13.1 Å². The molecule has 1 aliphatic heterocycles. The summed E-state index contributed by atoms with van der Waals surface area (Å²) in [6.07, 6.45) is 0.372. The minimum atomic E-state index is -0.158. The van der Waals surface area contributed by atoms with Crippen LogP contribution in [0.5, 0.6) is 0 Å². The van der Waals surface area contributed by atoms with Gasteiger partial charge in [0.1, 0.15) is 0 Å². The second-order valence-electron chi connectivity index (χ2n) is 6.20. The molecule has 1 aliphatic rings. The fourth-order valence-electron chi connectivity index (χ4n) is 3.11. The van der Waals surface area contributed by atoms with Gasteiger partial charge in [0, 0.05) is 30.8 Å². The Morgan fingerprint density at radius 3 is 2.75 bits per heavy atom. The topological polar surface area (TPSA) is 67.2 Å². The molecule has 1 saturated heterocycles. The highest BCUT2D eigenvalue weighted by atomic mass is 16.2. The molecule has 1 atom stereocenters. The molecular formula is C18H22N4O2. The quantitative estimate of drug-likeness (QED) is 0.932. The van der Waals surface area contributed by atoms with Crippen LogP contribution in [0.4, 0.5) is 0 Å². The Balaban J connectivity index is 1.76. The van der Waals surface area contributed by atoms with Crippen molar-refractivity contribution < 1.29 is 9.59 Å². The molecular weight excluding hydrogens is 304 g/mol. The highest BCUT2D eigenvalue weighted by Gasteiger charge is 2.29. The number of nitrogens with one attached hydrogen (secondary N) is 1. The first-order valence-electron chi connectivity index (χ1n) is 8.20. The van der Waals surface area contributed by atoms with Crippen LogP contribution in [0.1, 0.15) is 35.1 Å². The van der Waals surface area contributed by atoms with E-state index in [4.69, 9.17) is 0 Å². The summed E-state index contributed by atoms with van der Waals surface area (Å²) in [5.74, 6) is -0.0617. The molecule has 6 heteroatoms. The second kappa shape index (κ2) is 6.47. The van der Waals surface area contributed by atoms with Gasteiger partial charge in [-0.2, -0.15) is 5.10 Å². The molecule has 1 aromatic carbocycles. The largest absolute Gasteiger partial charge is 0.347 e. The van der Waals surface area contributed by atoms with Gasteiger partial charge in [0.05, 0.1) is 17.4 Å². The van der Waals surface area contributed by atoms with E-state index < -0.39 is 0 Å². The Morgan fingerprint density at radius 1 is 1.33 bits per heavy atom. The van der Waals surface area contributed by atoms with Crippen molar-refractivity contribution in [2.45, 2.75) is 33.2 Å². The van der Waals surface area contributed by atoms with E-state index in [9.17, 15) is 9.59 Å². The highest BCUT2D eigenvalue weighted by molar-refractivity contribution is 5.95. The standard InChI is InChI=1S/C18H22N4O2/c1-4-21-11-15(10-17(21)23)19-18(24)14-6-5-7-16(9-14)22-13(3)8-12(2)20-22/h5-9,15H,4,10-11H2,1-3H3,(H,19,24)/t15-/m0/s1. The number of carbonyl (C=O) groups excluding carboxylic acids is 2. The maximum Gasteiger partial charge on any atom is 0.251 e. The van der Waals surface area contributed by atoms with Crippen molar-refractivity contribution in [3.05, 3.63) is 47.3 Å². The summed E-state index contributed by atoms with van der Waals surface area (Å²) in [4.78, 5) is 26.0. The summed E-state index contributed by atoms with van der Waals surface area (Å²) in [5, 5.41) is 7.41. The van der Waals surface area contributed by atoms with Crippen LogP contribution >= 0.6 is 0 Å². The van der Waals surface area contributed by atoms with Crippen molar-refractivity contribution in [3.8, 4) is 5.69 Å². The molecule has 1 N–H and O–H groups in total. The highest BCUT2D eigenvalue weighted by Crippen LogP contribution is 2.15. The minimum Gasteiger partial charge on any atom is -0.347 e. The number of aryl methyl sites for hydroxylation is 2. The van der Waals surface area contributed by atoms with Gasteiger partial charge in [-0.15, -0.1) is 0 Å². The van der Waals surface area contributed by atoms with Gasteiger partial charge in [-0.3, -0.25) is 9.59 Å². The summed E-state index contributed by atoms with van der Waals surface area (Å²) >= 11 is 0. The Kier molecular flexibility index (Phi) is 4.38. The van der Waals surface area contributed by atoms with Crippen LogP contribution in [0.15, 0.2) is 30.3 Å². The van der Waals surface area contributed by atoms with Crippen molar-refractivity contribution in [1.29, 1.82) is 0 Å². The molecule has 6 nitrogen and oxygen atoms in total. The minimum absolute atomic E-state index is 0.0965. The average Bonchev–Trinajstić information content (AvgIpc) is 3.08. The lowest BCUT2D eigenvalue weighted by atomic mass is 10.1. The van der Waals surface area contributed by atoms with Crippen LogP contribution in [-0.4, -0.2) is 45.6 Å². The molecule has 0 saturated carbocycles. The molecule has 0 spiro atoms.